The summed E-state index contributed by atoms with van der Waals surface area (Å²) in [4.78, 5) is 12.4. The Kier molecular flexibility index (Phi) is 7.81. The average Bonchev–Trinajstić information content (AvgIpc) is 2.75. The van der Waals surface area contributed by atoms with Gasteiger partial charge in [-0.3, -0.25) is 9.52 Å². The number of anilines is 2. The van der Waals surface area contributed by atoms with Gasteiger partial charge >= 0.3 is 0 Å². The molecule has 33 heavy (non-hydrogen) atoms. The van der Waals surface area contributed by atoms with Crippen molar-refractivity contribution in [1.82, 2.24) is 0 Å². The maximum Gasteiger partial charge on any atom is 0.262 e. The van der Waals surface area contributed by atoms with E-state index in [4.69, 9.17) is 4.74 Å². The summed E-state index contributed by atoms with van der Waals surface area (Å²) in [5, 5.41) is 2.73. The molecule has 0 radical (unpaired) electrons. The number of ether oxygens (including phenoxy) is 1. The number of hydrogen-bond donors (Lipinski definition) is 2. The van der Waals surface area contributed by atoms with Crippen LogP contribution in [-0.2, 0) is 14.8 Å². The highest BCUT2D eigenvalue weighted by Gasteiger charge is 2.15. The first kappa shape index (κ1) is 24.8. The van der Waals surface area contributed by atoms with Crippen molar-refractivity contribution in [2.24, 2.45) is 0 Å². The summed E-state index contributed by atoms with van der Waals surface area (Å²) in [6, 6.07) is 17.0. The van der Waals surface area contributed by atoms with Crippen LogP contribution in [0.5, 0.6) is 5.75 Å². The van der Waals surface area contributed by atoms with Crippen LogP contribution in [0.2, 0.25) is 0 Å². The molecule has 0 fully saturated rings. The molecule has 0 aliphatic heterocycles. The third-order valence-electron chi connectivity index (χ3n) is 5.16. The van der Waals surface area contributed by atoms with E-state index in [-0.39, 0.29) is 23.3 Å². The van der Waals surface area contributed by atoms with Crippen LogP contribution >= 0.6 is 15.9 Å². The lowest BCUT2D eigenvalue weighted by Gasteiger charge is -2.14. The van der Waals surface area contributed by atoms with Crippen molar-refractivity contribution in [1.29, 1.82) is 0 Å². The van der Waals surface area contributed by atoms with E-state index in [1.165, 1.54) is 12.1 Å². The number of hydrogen-bond acceptors (Lipinski definition) is 4. The third kappa shape index (κ3) is 6.58. The van der Waals surface area contributed by atoms with E-state index in [1.54, 1.807) is 24.3 Å². The van der Waals surface area contributed by atoms with Crippen LogP contribution in [0.4, 0.5) is 11.4 Å². The van der Waals surface area contributed by atoms with Crippen LogP contribution in [-0.4, -0.2) is 20.9 Å². The number of rotatable bonds is 8. The van der Waals surface area contributed by atoms with Crippen molar-refractivity contribution < 1.29 is 17.9 Å². The van der Waals surface area contributed by atoms with Gasteiger partial charge in [0.25, 0.3) is 15.9 Å². The second kappa shape index (κ2) is 10.4. The fraction of sp³-hybridized carbons (Fsp3) is 0.240. The lowest BCUT2D eigenvalue weighted by atomic mass is 10.0. The van der Waals surface area contributed by atoms with Gasteiger partial charge in [-0.1, -0.05) is 35.8 Å². The topological polar surface area (TPSA) is 84.5 Å². The van der Waals surface area contributed by atoms with Crippen LogP contribution in [0.1, 0.15) is 36.5 Å². The lowest BCUT2D eigenvalue weighted by molar-refractivity contribution is -0.118. The van der Waals surface area contributed by atoms with Gasteiger partial charge in [0, 0.05) is 15.8 Å². The van der Waals surface area contributed by atoms with E-state index in [0.29, 0.717) is 17.1 Å². The SMILES string of the molecule is Cc1ccc(NS(=O)(=O)c2ccc(NC(=O)COc3ccc(Br)cc3C(C)C)cc2)cc1C. The van der Waals surface area contributed by atoms with Crippen LogP contribution in [0.15, 0.2) is 70.0 Å². The number of sulfonamides is 1. The fourth-order valence-electron chi connectivity index (χ4n) is 3.18. The number of benzene rings is 3. The molecule has 6 nitrogen and oxygen atoms in total. The molecular formula is C25H27BrN2O4S. The zero-order valence-electron chi connectivity index (χ0n) is 19.0. The van der Waals surface area contributed by atoms with Gasteiger partial charge < -0.3 is 10.1 Å². The first-order valence-electron chi connectivity index (χ1n) is 10.5. The van der Waals surface area contributed by atoms with Crippen molar-refractivity contribution in [3.05, 3.63) is 81.8 Å². The first-order valence-corrected chi connectivity index (χ1v) is 12.7. The number of nitrogens with one attached hydrogen (secondary N) is 2. The van der Waals surface area contributed by atoms with Gasteiger partial charge in [0.1, 0.15) is 5.75 Å². The summed E-state index contributed by atoms with van der Waals surface area (Å²) >= 11 is 3.45. The zero-order valence-corrected chi connectivity index (χ0v) is 21.4. The van der Waals surface area contributed by atoms with Gasteiger partial charge in [0.05, 0.1) is 4.90 Å². The highest BCUT2D eigenvalue weighted by Crippen LogP contribution is 2.29. The number of halogens is 1. The molecule has 174 valence electrons. The number of amides is 1. The van der Waals surface area contributed by atoms with Crippen molar-refractivity contribution in [2.75, 3.05) is 16.6 Å². The Morgan fingerprint density at radius 2 is 1.61 bits per heavy atom. The van der Waals surface area contributed by atoms with Crippen molar-refractivity contribution in [3.63, 3.8) is 0 Å². The van der Waals surface area contributed by atoms with E-state index in [1.807, 2.05) is 38.1 Å². The molecule has 1 amide bonds. The van der Waals surface area contributed by atoms with Gasteiger partial charge in [-0.2, -0.15) is 0 Å². The quantitative estimate of drug-likeness (QED) is 0.373. The molecule has 0 spiro atoms. The summed E-state index contributed by atoms with van der Waals surface area (Å²) in [6.45, 7) is 7.84. The third-order valence-corrected chi connectivity index (χ3v) is 7.05. The monoisotopic (exact) mass is 530 g/mol. The highest BCUT2D eigenvalue weighted by atomic mass is 79.9. The van der Waals surface area contributed by atoms with Gasteiger partial charge in [0.2, 0.25) is 0 Å². The second-order valence-electron chi connectivity index (χ2n) is 8.10. The van der Waals surface area contributed by atoms with Crippen LogP contribution < -0.4 is 14.8 Å². The Labute approximate surface area is 203 Å². The predicted octanol–water partition coefficient (Wildman–Crippen LogP) is 6.01. The fourth-order valence-corrected chi connectivity index (χ4v) is 4.61. The maximum atomic E-state index is 12.7. The molecule has 3 rings (SSSR count). The van der Waals surface area contributed by atoms with Gasteiger partial charge in [-0.25, -0.2) is 8.42 Å². The van der Waals surface area contributed by atoms with Crippen molar-refractivity contribution in [2.45, 2.75) is 38.5 Å². The zero-order chi connectivity index (χ0) is 24.2. The van der Waals surface area contributed by atoms with Crippen LogP contribution in [0.25, 0.3) is 0 Å². The normalized spacial score (nSPS) is 11.3. The van der Waals surface area contributed by atoms with E-state index < -0.39 is 10.0 Å². The molecule has 2 N–H and O–H groups in total. The molecule has 3 aromatic carbocycles. The molecule has 0 atom stereocenters. The predicted molar refractivity (Wildman–Crippen MR) is 136 cm³/mol. The Balaban J connectivity index is 1.62. The summed E-state index contributed by atoms with van der Waals surface area (Å²) < 4.78 is 34.6. The van der Waals surface area contributed by atoms with E-state index >= 15 is 0 Å². The number of carbonyl (C=O) groups excluding carboxylic acids is 1. The second-order valence-corrected chi connectivity index (χ2v) is 10.7. The molecule has 0 aliphatic rings. The Hall–Kier alpha value is -2.84. The molecule has 8 heteroatoms. The van der Waals surface area contributed by atoms with Crippen molar-refractivity contribution >= 4 is 43.2 Å². The molecule has 0 unspecified atom stereocenters. The number of aryl methyl sites for hydroxylation is 2. The molecule has 0 aromatic heterocycles. The summed E-state index contributed by atoms with van der Waals surface area (Å²) in [6.07, 6.45) is 0. The van der Waals surface area contributed by atoms with Gasteiger partial charge in [-0.15, -0.1) is 0 Å². The molecule has 0 bridgehead atoms. The number of carbonyl (C=O) groups is 1. The summed E-state index contributed by atoms with van der Waals surface area (Å²) in [5.74, 6) is 0.561. The molecule has 0 saturated heterocycles. The molecule has 0 heterocycles. The highest BCUT2D eigenvalue weighted by molar-refractivity contribution is 9.10. The minimum atomic E-state index is -3.74. The average molecular weight is 531 g/mol. The largest absolute Gasteiger partial charge is 0.483 e. The molecule has 3 aromatic rings. The van der Waals surface area contributed by atoms with E-state index in [0.717, 1.165) is 21.2 Å². The van der Waals surface area contributed by atoms with E-state index in [2.05, 4.69) is 39.8 Å². The first-order chi connectivity index (χ1) is 15.5. The lowest BCUT2D eigenvalue weighted by Crippen LogP contribution is -2.20. The van der Waals surface area contributed by atoms with E-state index in [9.17, 15) is 13.2 Å². The van der Waals surface area contributed by atoms with Gasteiger partial charge in [0.15, 0.2) is 6.61 Å². The van der Waals surface area contributed by atoms with Crippen molar-refractivity contribution in [3.8, 4) is 5.75 Å². The smallest absolute Gasteiger partial charge is 0.262 e. The maximum absolute atomic E-state index is 12.7. The van der Waals surface area contributed by atoms with Gasteiger partial charge in [-0.05, 0) is 91.1 Å². The summed E-state index contributed by atoms with van der Waals surface area (Å²) in [5.41, 5.74) is 4.07. The standard InChI is InChI=1S/C25H27BrN2O4S/c1-16(2)23-14-19(26)6-12-24(23)32-15-25(29)27-20-8-10-22(11-9-20)33(30,31)28-21-7-5-17(3)18(4)13-21/h5-14,16,28H,15H2,1-4H3,(H,27,29). The Bertz CT molecular complexity index is 1260. The van der Waals surface area contributed by atoms with Crippen LogP contribution in [0.3, 0.4) is 0 Å². The summed E-state index contributed by atoms with van der Waals surface area (Å²) in [7, 11) is -3.74. The minimum Gasteiger partial charge on any atom is -0.483 e. The van der Waals surface area contributed by atoms with Crippen LogP contribution in [0, 0.1) is 13.8 Å². The molecular weight excluding hydrogens is 504 g/mol. The molecule has 0 saturated carbocycles. The molecule has 0 aliphatic carbocycles. The minimum absolute atomic E-state index is 0.103. The Morgan fingerprint density at radius 3 is 2.24 bits per heavy atom. The Morgan fingerprint density at radius 1 is 0.939 bits per heavy atom.